The fourth-order valence-electron chi connectivity index (χ4n) is 3.26. The van der Waals surface area contributed by atoms with Crippen LogP contribution in [0.2, 0.25) is 0 Å². The van der Waals surface area contributed by atoms with Gasteiger partial charge < -0.3 is 4.18 Å². The minimum atomic E-state index is -3.98. The van der Waals surface area contributed by atoms with Crippen molar-refractivity contribution in [2.75, 3.05) is 0 Å². The zero-order valence-electron chi connectivity index (χ0n) is 20.1. The van der Waals surface area contributed by atoms with Crippen LogP contribution in [0.5, 0.6) is 5.88 Å². The lowest BCUT2D eigenvalue weighted by atomic mass is 9.90. The van der Waals surface area contributed by atoms with Gasteiger partial charge in [0.1, 0.15) is 5.56 Å². The average molecular weight is 478 g/mol. The number of nitro groups is 1. The van der Waals surface area contributed by atoms with E-state index in [0.29, 0.717) is 29.7 Å². The number of aromatic nitrogens is 2. The number of carbonyl (C=O) groups excluding carboxylic acids is 1. The molecule has 0 spiro atoms. The number of hydrogen-bond donors (Lipinski definition) is 0. The normalized spacial score (nSPS) is 11.5. The van der Waals surface area contributed by atoms with E-state index in [4.69, 9.17) is 4.18 Å². The minimum Gasteiger partial charge on any atom is -0.361 e. The van der Waals surface area contributed by atoms with Gasteiger partial charge in [0.25, 0.3) is 5.69 Å². The van der Waals surface area contributed by atoms with E-state index in [2.05, 4.69) is 5.10 Å². The highest BCUT2D eigenvalue weighted by Crippen LogP contribution is 2.35. The molecule has 33 heavy (non-hydrogen) atoms. The van der Waals surface area contributed by atoms with Crippen LogP contribution < -0.4 is 4.18 Å². The molecule has 0 fully saturated rings. The number of carbonyl (C=O) groups is 1. The molecule has 2 aromatic rings. The summed E-state index contributed by atoms with van der Waals surface area (Å²) in [6.45, 7) is 12.4. The monoisotopic (exact) mass is 477 g/mol. The fraction of sp³-hybridized carbons (Fsp3) is 0.478. The Morgan fingerprint density at radius 2 is 1.85 bits per heavy atom. The van der Waals surface area contributed by atoms with Crippen LogP contribution in [0.25, 0.3) is 5.57 Å². The van der Waals surface area contributed by atoms with Gasteiger partial charge in [-0.05, 0) is 65.2 Å². The number of aryl methyl sites for hydroxylation is 1. The molecule has 9 nitrogen and oxygen atoms in total. The van der Waals surface area contributed by atoms with Gasteiger partial charge in [-0.1, -0.05) is 18.9 Å². The number of nitro benzene ring substituents is 1. The van der Waals surface area contributed by atoms with Crippen LogP contribution in [0, 0.1) is 17.0 Å². The lowest BCUT2D eigenvalue weighted by Crippen LogP contribution is -2.23. The zero-order chi connectivity index (χ0) is 25.1. The van der Waals surface area contributed by atoms with E-state index < -0.39 is 26.1 Å². The Hall–Kier alpha value is -3.01. The van der Waals surface area contributed by atoms with Crippen LogP contribution in [0.3, 0.4) is 0 Å². The molecule has 1 heterocycles. The standard InChI is InChI=1S/C23H31N3O6S/c1-8-9-12-25-23(32-33(30,31)15(4)5)19(13-24-25)22(27)18-10-11-20(26(28)29)21(17(18)7)16(6)14(2)3/h10-11,13,15H,8-9,12H2,1-7H3. The molecule has 1 aromatic heterocycles. The first-order chi connectivity index (χ1) is 15.3. The van der Waals surface area contributed by atoms with Crippen molar-refractivity contribution in [1.82, 2.24) is 9.78 Å². The van der Waals surface area contributed by atoms with Gasteiger partial charge in [-0.2, -0.15) is 13.5 Å². The van der Waals surface area contributed by atoms with Crippen molar-refractivity contribution in [3.63, 3.8) is 0 Å². The van der Waals surface area contributed by atoms with E-state index in [1.54, 1.807) is 13.8 Å². The number of rotatable bonds is 10. The van der Waals surface area contributed by atoms with Crippen LogP contribution >= 0.6 is 0 Å². The predicted octanol–water partition coefficient (Wildman–Crippen LogP) is 5.06. The van der Waals surface area contributed by atoms with Crippen molar-refractivity contribution < 1.29 is 22.3 Å². The predicted molar refractivity (Wildman–Crippen MR) is 127 cm³/mol. The first-order valence-corrected chi connectivity index (χ1v) is 12.3. The third-order valence-electron chi connectivity index (χ3n) is 5.54. The molecule has 0 amide bonds. The van der Waals surface area contributed by atoms with E-state index in [0.717, 1.165) is 12.0 Å². The van der Waals surface area contributed by atoms with Gasteiger partial charge in [-0.25, -0.2) is 4.68 Å². The molecule has 0 radical (unpaired) electrons. The van der Waals surface area contributed by atoms with E-state index in [1.807, 2.05) is 20.8 Å². The molecule has 0 aliphatic heterocycles. The number of benzene rings is 1. The molecule has 0 unspecified atom stereocenters. The molecule has 2 rings (SSSR count). The highest BCUT2D eigenvalue weighted by atomic mass is 32.2. The van der Waals surface area contributed by atoms with Gasteiger partial charge in [-0.15, -0.1) is 0 Å². The molecular weight excluding hydrogens is 446 g/mol. The highest BCUT2D eigenvalue weighted by Gasteiger charge is 2.29. The number of ketones is 1. The molecule has 0 bridgehead atoms. The van der Waals surface area contributed by atoms with Crippen molar-refractivity contribution in [1.29, 1.82) is 0 Å². The Morgan fingerprint density at radius 1 is 1.21 bits per heavy atom. The SMILES string of the molecule is CCCCn1ncc(C(=O)c2ccc([N+](=O)[O-])c(C(C)=C(C)C)c2C)c1OS(=O)(=O)C(C)C. The minimum absolute atomic E-state index is 0.00640. The van der Waals surface area contributed by atoms with E-state index in [-0.39, 0.29) is 22.7 Å². The van der Waals surface area contributed by atoms with Gasteiger partial charge in [0, 0.05) is 18.2 Å². The first kappa shape index (κ1) is 26.2. The molecule has 0 aliphatic carbocycles. The third kappa shape index (κ3) is 5.50. The highest BCUT2D eigenvalue weighted by molar-refractivity contribution is 7.87. The maximum atomic E-state index is 13.5. The molecule has 180 valence electrons. The Morgan fingerprint density at radius 3 is 2.36 bits per heavy atom. The Balaban J connectivity index is 2.71. The first-order valence-electron chi connectivity index (χ1n) is 10.8. The van der Waals surface area contributed by atoms with Crippen LogP contribution in [0.4, 0.5) is 5.69 Å². The summed E-state index contributed by atoms with van der Waals surface area (Å²) in [7, 11) is -3.98. The number of allylic oxidation sites excluding steroid dienone is 2. The van der Waals surface area contributed by atoms with Gasteiger partial charge in [0.05, 0.1) is 21.9 Å². The average Bonchev–Trinajstić information content (AvgIpc) is 3.12. The molecule has 0 aliphatic rings. The molecular formula is C23H31N3O6S. The summed E-state index contributed by atoms with van der Waals surface area (Å²) >= 11 is 0. The van der Waals surface area contributed by atoms with E-state index in [1.165, 1.54) is 36.9 Å². The number of unbranched alkanes of at least 4 members (excludes halogenated alkanes) is 1. The van der Waals surface area contributed by atoms with Crippen molar-refractivity contribution in [3.8, 4) is 5.88 Å². The van der Waals surface area contributed by atoms with Crippen LogP contribution in [-0.2, 0) is 16.7 Å². The Labute approximate surface area is 194 Å². The summed E-state index contributed by atoms with van der Waals surface area (Å²) in [6.07, 6.45) is 2.84. The van der Waals surface area contributed by atoms with Crippen molar-refractivity contribution in [2.45, 2.75) is 73.1 Å². The Kier molecular flexibility index (Phi) is 8.18. The topological polar surface area (TPSA) is 121 Å². The number of hydrogen-bond acceptors (Lipinski definition) is 7. The molecule has 0 saturated carbocycles. The van der Waals surface area contributed by atoms with Gasteiger partial charge >= 0.3 is 10.1 Å². The second-order valence-corrected chi connectivity index (χ2v) is 10.5. The van der Waals surface area contributed by atoms with E-state index in [9.17, 15) is 23.3 Å². The Bertz CT molecular complexity index is 1210. The number of nitrogens with zero attached hydrogens (tertiary/aromatic N) is 3. The lowest BCUT2D eigenvalue weighted by molar-refractivity contribution is -0.385. The smallest absolute Gasteiger partial charge is 0.313 e. The van der Waals surface area contributed by atoms with Gasteiger partial charge in [0.2, 0.25) is 5.88 Å². The van der Waals surface area contributed by atoms with Crippen LogP contribution in [-0.4, -0.2) is 34.2 Å². The summed E-state index contributed by atoms with van der Waals surface area (Å²) in [6, 6.07) is 2.69. The molecule has 1 aromatic carbocycles. The summed E-state index contributed by atoms with van der Waals surface area (Å²) in [5, 5.41) is 15.0. The van der Waals surface area contributed by atoms with Gasteiger partial charge in [-0.3, -0.25) is 14.9 Å². The zero-order valence-corrected chi connectivity index (χ0v) is 20.9. The van der Waals surface area contributed by atoms with Crippen molar-refractivity contribution >= 4 is 27.2 Å². The fourth-order valence-corrected chi connectivity index (χ4v) is 3.84. The summed E-state index contributed by atoms with van der Waals surface area (Å²) < 4.78 is 31.7. The van der Waals surface area contributed by atoms with Crippen LogP contribution in [0.15, 0.2) is 23.9 Å². The summed E-state index contributed by atoms with van der Waals surface area (Å²) in [4.78, 5) is 24.7. The maximum Gasteiger partial charge on any atom is 0.313 e. The second-order valence-electron chi connectivity index (χ2n) is 8.41. The van der Waals surface area contributed by atoms with Crippen LogP contribution in [0.1, 0.15) is 81.4 Å². The third-order valence-corrected chi connectivity index (χ3v) is 7.09. The van der Waals surface area contributed by atoms with E-state index >= 15 is 0 Å². The largest absolute Gasteiger partial charge is 0.361 e. The summed E-state index contributed by atoms with van der Waals surface area (Å²) in [5.74, 6) is -0.651. The molecule has 10 heteroatoms. The summed E-state index contributed by atoms with van der Waals surface area (Å²) in [5.41, 5.74) is 2.51. The molecule has 0 N–H and O–H groups in total. The van der Waals surface area contributed by atoms with Crippen molar-refractivity contribution in [2.24, 2.45) is 0 Å². The van der Waals surface area contributed by atoms with Gasteiger partial charge in [0.15, 0.2) is 5.78 Å². The molecule has 0 saturated heterocycles. The van der Waals surface area contributed by atoms with Crippen molar-refractivity contribution in [3.05, 3.63) is 56.3 Å². The maximum absolute atomic E-state index is 13.5. The second kappa shape index (κ2) is 10.3. The lowest BCUT2D eigenvalue weighted by Gasteiger charge is -2.15. The molecule has 0 atom stereocenters. The quantitative estimate of drug-likeness (QED) is 0.203.